The van der Waals surface area contributed by atoms with Crippen LogP contribution in [-0.2, 0) is 6.54 Å². The van der Waals surface area contributed by atoms with Crippen LogP contribution in [0.4, 0.5) is 0 Å². The second kappa shape index (κ2) is 7.61. The van der Waals surface area contributed by atoms with Gasteiger partial charge < -0.3 is 10.3 Å². The number of aromatic amines is 1. The average Bonchev–Trinajstić information content (AvgIpc) is 3.16. The Balaban J connectivity index is 1.63. The minimum absolute atomic E-state index is 0.241. The van der Waals surface area contributed by atoms with Crippen LogP contribution in [0.15, 0.2) is 79.1 Å². The van der Waals surface area contributed by atoms with Gasteiger partial charge in [-0.05, 0) is 35.9 Å². The lowest BCUT2D eigenvalue weighted by atomic mass is 10.1. The Labute approximate surface area is 177 Å². The number of aromatic nitrogens is 3. The van der Waals surface area contributed by atoms with Gasteiger partial charge in [-0.3, -0.25) is 9.78 Å². The van der Waals surface area contributed by atoms with Gasteiger partial charge >= 0.3 is 0 Å². The van der Waals surface area contributed by atoms with E-state index >= 15 is 0 Å². The van der Waals surface area contributed by atoms with Crippen LogP contribution in [0.1, 0.15) is 16.1 Å². The summed E-state index contributed by atoms with van der Waals surface area (Å²) < 4.78 is 0. The minimum atomic E-state index is -0.241. The van der Waals surface area contributed by atoms with E-state index in [2.05, 4.69) is 15.3 Å². The molecule has 0 aliphatic rings. The number of para-hydroxylation sites is 1. The monoisotopic (exact) mass is 412 g/mol. The Kier molecular flexibility index (Phi) is 4.65. The summed E-state index contributed by atoms with van der Waals surface area (Å²) in [5.74, 6) is -0.241. The summed E-state index contributed by atoms with van der Waals surface area (Å²) >= 11 is 6.22. The van der Waals surface area contributed by atoms with Crippen molar-refractivity contribution >= 4 is 39.3 Å². The van der Waals surface area contributed by atoms with Gasteiger partial charge in [0.15, 0.2) is 0 Å². The third-order valence-electron chi connectivity index (χ3n) is 5.00. The average molecular weight is 413 g/mol. The van der Waals surface area contributed by atoms with E-state index in [1.54, 1.807) is 12.4 Å². The number of rotatable bonds is 4. The summed E-state index contributed by atoms with van der Waals surface area (Å²) in [4.78, 5) is 25.2. The highest BCUT2D eigenvalue weighted by Gasteiger charge is 2.17. The molecule has 3 heterocycles. The van der Waals surface area contributed by atoms with Crippen molar-refractivity contribution in [2.75, 3.05) is 0 Å². The summed E-state index contributed by atoms with van der Waals surface area (Å²) in [6.07, 6.45) is 3.43. The van der Waals surface area contributed by atoms with E-state index in [4.69, 9.17) is 16.6 Å². The van der Waals surface area contributed by atoms with Crippen molar-refractivity contribution in [1.82, 2.24) is 20.3 Å². The van der Waals surface area contributed by atoms with Gasteiger partial charge in [0.1, 0.15) is 5.69 Å². The number of carbonyl (C=O) groups is 1. The van der Waals surface area contributed by atoms with Gasteiger partial charge in [0, 0.05) is 45.8 Å². The molecule has 5 aromatic rings. The standard InChI is InChI=1S/C24H17ClN4O/c25-17-7-3-6-16(11-17)22-23-19(18-8-1-2-9-20(18)28-23)12-21(29-22)24(30)27-14-15-5-4-10-26-13-15/h1-13,28H,14H2,(H,27,30). The number of benzene rings is 2. The number of amides is 1. The highest BCUT2D eigenvalue weighted by Crippen LogP contribution is 2.33. The molecule has 1 amide bonds. The van der Waals surface area contributed by atoms with Crippen LogP contribution >= 0.6 is 11.6 Å². The lowest BCUT2D eigenvalue weighted by Gasteiger charge is -2.09. The Morgan fingerprint density at radius 2 is 1.90 bits per heavy atom. The number of nitrogens with zero attached hydrogens (tertiary/aromatic N) is 2. The van der Waals surface area contributed by atoms with Crippen molar-refractivity contribution in [3.63, 3.8) is 0 Å². The first-order chi connectivity index (χ1) is 14.7. The summed E-state index contributed by atoms with van der Waals surface area (Å²) in [6, 6.07) is 21.1. The van der Waals surface area contributed by atoms with E-state index in [0.717, 1.165) is 32.9 Å². The van der Waals surface area contributed by atoms with Crippen molar-refractivity contribution in [2.45, 2.75) is 6.54 Å². The lowest BCUT2D eigenvalue weighted by Crippen LogP contribution is -2.24. The van der Waals surface area contributed by atoms with E-state index in [1.807, 2.05) is 66.7 Å². The molecule has 3 aromatic heterocycles. The van der Waals surface area contributed by atoms with Gasteiger partial charge in [-0.2, -0.15) is 0 Å². The zero-order valence-corrected chi connectivity index (χ0v) is 16.6. The van der Waals surface area contributed by atoms with Gasteiger partial charge in [0.25, 0.3) is 5.91 Å². The first-order valence-corrected chi connectivity index (χ1v) is 9.91. The van der Waals surface area contributed by atoms with Crippen LogP contribution in [0, 0.1) is 0 Å². The first kappa shape index (κ1) is 18.3. The molecule has 0 saturated carbocycles. The van der Waals surface area contributed by atoms with E-state index in [9.17, 15) is 4.79 Å². The number of H-pyrrole nitrogens is 1. The number of halogens is 1. The molecular weight excluding hydrogens is 396 g/mol. The second-order valence-electron chi connectivity index (χ2n) is 7.00. The zero-order chi connectivity index (χ0) is 20.5. The molecule has 6 heteroatoms. The normalized spacial score (nSPS) is 11.1. The van der Waals surface area contributed by atoms with Gasteiger partial charge in [-0.1, -0.05) is 48.0 Å². The number of pyridine rings is 2. The Bertz CT molecular complexity index is 1380. The maximum atomic E-state index is 12.9. The van der Waals surface area contributed by atoms with Crippen LogP contribution in [0.5, 0.6) is 0 Å². The van der Waals surface area contributed by atoms with E-state index in [-0.39, 0.29) is 5.91 Å². The van der Waals surface area contributed by atoms with E-state index < -0.39 is 0 Å². The Morgan fingerprint density at radius 3 is 2.73 bits per heavy atom. The fourth-order valence-corrected chi connectivity index (χ4v) is 3.77. The van der Waals surface area contributed by atoms with Gasteiger partial charge in [0.05, 0.1) is 11.2 Å². The number of nitrogens with one attached hydrogen (secondary N) is 2. The molecule has 0 aliphatic carbocycles. The van der Waals surface area contributed by atoms with E-state index in [0.29, 0.717) is 23.0 Å². The number of fused-ring (bicyclic) bond motifs is 3. The third kappa shape index (κ3) is 3.40. The summed E-state index contributed by atoms with van der Waals surface area (Å²) in [7, 11) is 0. The molecule has 0 fully saturated rings. The Hall–Kier alpha value is -3.70. The summed E-state index contributed by atoms with van der Waals surface area (Å²) in [5.41, 5.74) is 4.69. The molecule has 2 aromatic carbocycles. The fourth-order valence-electron chi connectivity index (χ4n) is 3.58. The number of hydrogen-bond acceptors (Lipinski definition) is 3. The lowest BCUT2D eigenvalue weighted by molar-refractivity contribution is 0.0946. The van der Waals surface area contributed by atoms with Gasteiger partial charge in [-0.25, -0.2) is 4.98 Å². The van der Waals surface area contributed by atoms with Crippen LogP contribution in [-0.4, -0.2) is 20.9 Å². The number of carbonyl (C=O) groups excluding carboxylic acids is 1. The Morgan fingerprint density at radius 1 is 1.00 bits per heavy atom. The van der Waals surface area contributed by atoms with Crippen molar-refractivity contribution in [2.24, 2.45) is 0 Å². The highest BCUT2D eigenvalue weighted by molar-refractivity contribution is 6.31. The molecule has 0 radical (unpaired) electrons. The largest absolute Gasteiger partial charge is 0.353 e. The number of hydrogen-bond donors (Lipinski definition) is 2. The fraction of sp³-hybridized carbons (Fsp3) is 0.0417. The first-order valence-electron chi connectivity index (χ1n) is 9.53. The summed E-state index contributed by atoms with van der Waals surface area (Å²) in [5, 5.41) is 5.54. The maximum Gasteiger partial charge on any atom is 0.270 e. The van der Waals surface area contributed by atoms with Crippen molar-refractivity contribution in [3.05, 3.63) is 95.4 Å². The predicted octanol–water partition coefficient (Wildman–Crippen LogP) is 5.36. The summed E-state index contributed by atoms with van der Waals surface area (Å²) in [6.45, 7) is 0.382. The molecule has 0 bridgehead atoms. The molecule has 0 atom stereocenters. The second-order valence-corrected chi connectivity index (χ2v) is 7.44. The molecule has 0 aliphatic heterocycles. The van der Waals surface area contributed by atoms with E-state index in [1.165, 1.54) is 0 Å². The molecule has 30 heavy (non-hydrogen) atoms. The van der Waals surface area contributed by atoms with Crippen LogP contribution < -0.4 is 5.32 Å². The topological polar surface area (TPSA) is 70.7 Å². The van der Waals surface area contributed by atoms with Crippen LogP contribution in [0.2, 0.25) is 5.02 Å². The minimum Gasteiger partial charge on any atom is -0.353 e. The van der Waals surface area contributed by atoms with Crippen LogP contribution in [0.3, 0.4) is 0 Å². The van der Waals surface area contributed by atoms with Crippen molar-refractivity contribution in [1.29, 1.82) is 0 Å². The van der Waals surface area contributed by atoms with Crippen LogP contribution in [0.25, 0.3) is 33.1 Å². The quantitative estimate of drug-likeness (QED) is 0.417. The molecule has 5 rings (SSSR count). The molecule has 146 valence electrons. The third-order valence-corrected chi connectivity index (χ3v) is 5.24. The molecule has 0 saturated heterocycles. The SMILES string of the molecule is O=C(NCc1cccnc1)c1cc2c([nH]c3ccccc32)c(-c2cccc(Cl)c2)n1. The van der Waals surface area contributed by atoms with Gasteiger partial charge in [-0.15, -0.1) is 0 Å². The maximum absolute atomic E-state index is 12.9. The highest BCUT2D eigenvalue weighted by atomic mass is 35.5. The molecule has 5 nitrogen and oxygen atoms in total. The molecule has 2 N–H and O–H groups in total. The van der Waals surface area contributed by atoms with Gasteiger partial charge in [0.2, 0.25) is 0 Å². The predicted molar refractivity (Wildman–Crippen MR) is 119 cm³/mol. The molecule has 0 spiro atoms. The molecular formula is C24H17ClN4O. The van der Waals surface area contributed by atoms with Crippen molar-refractivity contribution < 1.29 is 4.79 Å². The molecule has 0 unspecified atom stereocenters. The zero-order valence-electron chi connectivity index (χ0n) is 15.9. The van der Waals surface area contributed by atoms with Crippen molar-refractivity contribution in [3.8, 4) is 11.3 Å². The smallest absolute Gasteiger partial charge is 0.270 e.